The van der Waals surface area contributed by atoms with Gasteiger partial charge in [-0.1, -0.05) is 6.07 Å². The van der Waals surface area contributed by atoms with Crippen LogP contribution in [0.3, 0.4) is 0 Å². The van der Waals surface area contributed by atoms with Crippen molar-refractivity contribution >= 4 is 27.2 Å². The van der Waals surface area contributed by atoms with E-state index >= 15 is 0 Å². The maximum absolute atomic E-state index is 14.2. The lowest BCUT2D eigenvalue weighted by atomic mass is 10.2. The molecule has 1 aromatic carbocycles. The number of aromatic nitrogens is 4. The van der Waals surface area contributed by atoms with Crippen molar-refractivity contribution < 1.29 is 13.9 Å². The highest BCUT2D eigenvalue weighted by Gasteiger charge is 2.24. The predicted octanol–water partition coefficient (Wildman–Crippen LogP) is 2.91. The zero-order valence-corrected chi connectivity index (χ0v) is 18.9. The van der Waals surface area contributed by atoms with E-state index in [0.717, 1.165) is 34.7 Å². The third kappa shape index (κ3) is 3.78. The Kier molecular flexibility index (Phi) is 5.44. The molecule has 4 aromatic rings. The Bertz CT molecular complexity index is 1340. The molecular weight excluding hydrogens is 433 g/mol. The average Bonchev–Trinajstić information content (AvgIpc) is 3.37. The molecule has 0 N–H and O–H groups in total. The first-order valence-corrected chi connectivity index (χ1v) is 11.3. The van der Waals surface area contributed by atoms with Gasteiger partial charge in [0.15, 0.2) is 17.2 Å². The maximum atomic E-state index is 14.2. The number of rotatable bonds is 5. The van der Waals surface area contributed by atoms with Crippen molar-refractivity contribution in [2.75, 3.05) is 20.2 Å². The van der Waals surface area contributed by atoms with Crippen LogP contribution in [0.15, 0.2) is 35.4 Å². The summed E-state index contributed by atoms with van der Waals surface area (Å²) in [5.74, 6) is -0.288. The van der Waals surface area contributed by atoms with Crippen LogP contribution in [0.25, 0.3) is 15.9 Å². The Morgan fingerprint density at radius 3 is 2.72 bits per heavy atom. The summed E-state index contributed by atoms with van der Waals surface area (Å²) in [6.07, 6.45) is 1.75. The molecule has 2 unspecified atom stereocenters. The quantitative estimate of drug-likeness (QED) is 0.459. The Morgan fingerprint density at radius 1 is 1.22 bits per heavy atom. The van der Waals surface area contributed by atoms with E-state index in [1.165, 1.54) is 24.0 Å². The van der Waals surface area contributed by atoms with Gasteiger partial charge in [0.05, 0.1) is 31.2 Å². The van der Waals surface area contributed by atoms with Gasteiger partial charge in [0.25, 0.3) is 0 Å². The Morgan fingerprint density at radius 2 is 2.00 bits per heavy atom. The first-order valence-electron chi connectivity index (χ1n) is 10.5. The van der Waals surface area contributed by atoms with Gasteiger partial charge >= 0.3 is 5.69 Å². The van der Waals surface area contributed by atoms with E-state index in [1.54, 1.807) is 28.0 Å². The number of ether oxygens (including phenoxy) is 2. The van der Waals surface area contributed by atoms with Crippen LogP contribution in [0.1, 0.15) is 24.3 Å². The first kappa shape index (κ1) is 21.0. The van der Waals surface area contributed by atoms with Crippen molar-refractivity contribution in [3.05, 3.63) is 57.3 Å². The smallest absolute Gasteiger partial charge is 0.352 e. The zero-order chi connectivity index (χ0) is 22.4. The van der Waals surface area contributed by atoms with Gasteiger partial charge in [-0.25, -0.2) is 14.2 Å². The summed E-state index contributed by atoms with van der Waals surface area (Å²) in [5, 5.41) is 4.98. The lowest BCUT2D eigenvalue weighted by Gasteiger charge is -2.34. The maximum Gasteiger partial charge on any atom is 0.352 e. The number of halogens is 1. The molecule has 10 heteroatoms. The molecule has 1 fully saturated rings. The van der Waals surface area contributed by atoms with Gasteiger partial charge in [0.2, 0.25) is 0 Å². The van der Waals surface area contributed by atoms with Crippen molar-refractivity contribution in [1.29, 1.82) is 0 Å². The number of benzene rings is 1. The Hall–Kier alpha value is -2.82. The molecule has 0 spiro atoms. The minimum Gasteiger partial charge on any atom is -0.494 e. The molecular formula is C22H24FN5O3S. The Balaban J connectivity index is 1.56. The second-order valence-corrected chi connectivity index (χ2v) is 9.33. The first-order chi connectivity index (χ1) is 15.4. The predicted molar refractivity (Wildman–Crippen MR) is 120 cm³/mol. The standard InChI is InChI=1S/C22H24FN5O3S/c1-13-8-26(9-14(2)31-13)11-16-7-17-20-24-12-25-28(20)22(29)27(21(17)32-16)10-15-4-5-19(30-3)18(23)6-15/h4-7,12-14H,8-11H2,1-3H3. The fourth-order valence-corrected chi connectivity index (χ4v) is 5.59. The van der Waals surface area contributed by atoms with Crippen LogP contribution in [0, 0.1) is 5.82 Å². The third-order valence-corrected chi connectivity index (χ3v) is 6.78. The molecule has 4 heterocycles. The Labute approximate surface area is 187 Å². The van der Waals surface area contributed by atoms with Crippen LogP contribution in [-0.4, -0.2) is 56.5 Å². The number of hydrogen-bond acceptors (Lipinski definition) is 7. The second kappa shape index (κ2) is 8.27. The van der Waals surface area contributed by atoms with Crippen LogP contribution in [-0.2, 0) is 17.8 Å². The van der Waals surface area contributed by atoms with Crippen molar-refractivity contribution in [2.45, 2.75) is 39.1 Å². The summed E-state index contributed by atoms with van der Waals surface area (Å²) in [4.78, 5) is 21.8. The largest absolute Gasteiger partial charge is 0.494 e. The highest BCUT2D eigenvalue weighted by molar-refractivity contribution is 7.18. The molecule has 5 rings (SSSR count). The van der Waals surface area contributed by atoms with E-state index in [0.29, 0.717) is 11.2 Å². The molecule has 2 atom stereocenters. The van der Waals surface area contributed by atoms with Gasteiger partial charge in [-0.15, -0.1) is 11.3 Å². The third-order valence-electron chi connectivity index (χ3n) is 5.64. The fraction of sp³-hybridized carbons (Fsp3) is 0.409. The number of nitrogens with zero attached hydrogens (tertiary/aromatic N) is 5. The number of methoxy groups -OCH3 is 1. The molecule has 1 aliphatic rings. The molecule has 0 bridgehead atoms. The molecule has 0 amide bonds. The summed E-state index contributed by atoms with van der Waals surface area (Å²) >= 11 is 1.56. The van der Waals surface area contributed by atoms with Gasteiger partial charge < -0.3 is 9.47 Å². The second-order valence-electron chi connectivity index (χ2n) is 8.22. The molecule has 0 saturated carbocycles. The van der Waals surface area contributed by atoms with Gasteiger partial charge in [0, 0.05) is 24.5 Å². The summed E-state index contributed by atoms with van der Waals surface area (Å²) in [6, 6.07) is 6.81. The van der Waals surface area contributed by atoms with Gasteiger partial charge in [-0.3, -0.25) is 9.47 Å². The number of thiophene rings is 1. The van der Waals surface area contributed by atoms with Crippen molar-refractivity contribution in [3.63, 3.8) is 0 Å². The van der Waals surface area contributed by atoms with Crippen molar-refractivity contribution in [1.82, 2.24) is 24.1 Å². The van der Waals surface area contributed by atoms with E-state index in [4.69, 9.17) is 9.47 Å². The number of hydrogen-bond donors (Lipinski definition) is 0. The van der Waals surface area contributed by atoms with Crippen LogP contribution in [0.5, 0.6) is 5.75 Å². The van der Waals surface area contributed by atoms with Crippen LogP contribution < -0.4 is 10.4 Å². The molecule has 0 radical (unpaired) electrons. The van der Waals surface area contributed by atoms with Crippen molar-refractivity contribution in [2.24, 2.45) is 0 Å². The average molecular weight is 458 g/mol. The van der Waals surface area contributed by atoms with E-state index < -0.39 is 5.82 Å². The minimum atomic E-state index is -0.460. The van der Waals surface area contributed by atoms with Crippen LogP contribution in [0.2, 0.25) is 0 Å². The van der Waals surface area contributed by atoms with E-state index in [9.17, 15) is 9.18 Å². The lowest BCUT2D eigenvalue weighted by Crippen LogP contribution is -2.44. The summed E-state index contributed by atoms with van der Waals surface area (Å²) in [6.45, 7) is 6.87. The highest BCUT2D eigenvalue weighted by atomic mass is 32.1. The molecule has 1 saturated heterocycles. The monoisotopic (exact) mass is 457 g/mol. The molecule has 3 aromatic heterocycles. The summed E-state index contributed by atoms with van der Waals surface area (Å²) in [7, 11) is 1.42. The summed E-state index contributed by atoms with van der Waals surface area (Å²) < 4.78 is 28.0. The van der Waals surface area contributed by atoms with Gasteiger partial charge in [-0.05, 0) is 37.6 Å². The minimum absolute atomic E-state index is 0.172. The molecule has 168 valence electrons. The topological polar surface area (TPSA) is 73.9 Å². The number of fused-ring (bicyclic) bond motifs is 3. The molecule has 32 heavy (non-hydrogen) atoms. The summed E-state index contributed by atoms with van der Waals surface area (Å²) in [5.41, 5.74) is 0.897. The highest BCUT2D eigenvalue weighted by Crippen LogP contribution is 2.29. The van der Waals surface area contributed by atoms with Gasteiger partial charge in [-0.2, -0.15) is 9.61 Å². The normalized spacial score (nSPS) is 19.8. The SMILES string of the molecule is COc1ccc(Cn2c(=O)n3ncnc3c3cc(CN4CC(C)OC(C)C4)sc32)cc1F. The molecule has 8 nitrogen and oxygen atoms in total. The zero-order valence-electron chi connectivity index (χ0n) is 18.1. The van der Waals surface area contributed by atoms with Crippen LogP contribution in [0.4, 0.5) is 4.39 Å². The van der Waals surface area contributed by atoms with Gasteiger partial charge in [0.1, 0.15) is 11.2 Å². The number of morpholine rings is 1. The fourth-order valence-electron chi connectivity index (χ4n) is 4.40. The van der Waals surface area contributed by atoms with E-state index in [1.807, 2.05) is 0 Å². The lowest BCUT2D eigenvalue weighted by molar-refractivity contribution is -0.0702. The molecule has 1 aliphatic heterocycles. The van der Waals surface area contributed by atoms with Crippen molar-refractivity contribution in [3.8, 4) is 5.75 Å². The van der Waals surface area contributed by atoms with Crippen LogP contribution >= 0.6 is 11.3 Å². The van der Waals surface area contributed by atoms with E-state index in [-0.39, 0.29) is 30.2 Å². The van der Waals surface area contributed by atoms with E-state index in [2.05, 4.69) is 34.9 Å². The molecule has 0 aliphatic carbocycles.